The first-order chi connectivity index (χ1) is 9.16. The Hall–Kier alpha value is -1.62. The lowest BCUT2D eigenvalue weighted by molar-refractivity contribution is 0.180. The minimum Gasteiger partial charge on any atom is -0.476 e. The van der Waals surface area contributed by atoms with Crippen LogP contribution < -0.4 is 10.5 Å². The number of rotatable bonds is 5. The lowest BCUT2D eigenvalue weighted by atomic mass is 10.1. The van der Waals surface area contributed by atoms with Crippen LogP contribution >= 0.6 is 0 Å². The highest BCUT2D eigenvalue weighted by Crippen LogP contribution is 2.16. The molecule has 3 N–H and O–H groups in total. The van der Waals surface area contributed by atoms with Gasteiger partial charge in [0, 0.05) is 12.2 Å². The Balaban J connectivity index is 1.91. The molecule has 0 aliphatic carbocycles. The summed E-state index contributed by atoms with van der Waals surface area (Å²) in [5.74, 6) is 0.477. The standard InChI is InChI=1S/C14H22N4O/c1-11-5-6-12(13(15)16)14(17-11)19-10-9-18-7-3-2-4-8-18/h5-6H,2-4,7-10H2,1H3,(H3,15,16). The van der Waals surface area contributed by atoms with Gasteiger partial charge in [0.05, 0.1) is 5.56 Å². The molecule has 0 atom stereocenters. The van der Waals surface area contributed by atoms with Crippen LogP contribution in [0.15, 0.2) is 12.1 Å². The molecule has 5 nitrogen and oxygen atoms in total. The number of nitrogens with one attached hydrogen (secondary N) is 1. The van der Waals surface area contributed by atoms with Gasteiger partial charge in [-0.05, 0) is 45.0 Å². The molecule has 19 heavy (non-hydrogen) atoms. The zero-order chi connectivity index (χ0) is 13.7. The van der Waals surface area contributed by atoms with E-state index in [0.717, 1.165) is 25.3 Å². The van der Waals surface area contributed by atoms with E-state index in [0.29, 0.717) is 18.1 Å². The normalized spacial score (nSPS) is 16.3. The molecule has 0 aromatic carbocycles. The molecule has 1 aromatic heterocycles. The molecule has 1 aliphatic rings. The predicted molar refractivity (Wildman–Crippen MR) is 75.8 cm³/mol. The summed E-state index contributed by atoms with van der Waals surface area (Å²) < 4.78 is 5.71. The summed E-state index contributed by atoms with van der Waals surface area (Å²) in [6.07, 6.45) is 3.90. The van der Waals surface area contributed by atoms with Gasteiger partial charge in [-0.2, -0.15) is 0 Å². The number of piperidine rings is 1. The molecule has 0 bridgehead atoms. The van der Waals surface area contributed by atoms with Crippen molar-refractivity contribution in [3.63, 3.8) is 0 Å². The summed E-state index contributed by atoms with van der Waals surface area (Å²) in [6, 6.07) is 3.63. The van der Waals surface area contributed by atoms with Crippen molar-refractivity contribution in [3.05, 3.63) is 23.4 Å². The number of aryl methyl sites for hydroxylation is 1. The summed E-state index contributed by atoms with van der Waals surface area (Å²) >= 11 is 0. The van der Waals surface area contributed by atoms with Gasteiger partial charge >= 0.3 is 0 Å². The number of aromatic nitrogens is 1. The van der Waals surface area contributed by atoms with Crippen LogP contribution in [0.2, 0.25) is 0 Å². The van der Waals surface area contributed by atoms with Crippen LogP contribution in [0, 0.1) is 12.3 Å². The van der Waals surface area contributed by atoms with Crippen LogP contribution in [0.5, 0.6) is 5.88 Å². The number of likely N-dealkylation sites (tertiary alicyclic amines) is 1. The first-order valence-electron chi connectivity index (χ1n) is 6.84. The second-order valence-electron chi connectivity index (χ2n) is 4.97. The van der Waals surface area contributed by atoms with Crippen LogP contribution in [0.25, 0.3) is 0 Å². The van der Waals surface area contributed by atoms with E-state index >= 15 is 0 Å². The molecule has 104 valence electrons. The topological polar surface area (TPSA) is 75.2 Å². The van der Waals surface area contributed by atoms with Crippen LogP contribution in [-0.4, -0.2) is 42.0 Å². The van der Waals surface area contributed by atoms with E-state index in [1.807, 2.05) is 13.0 Å². The Labute approximate surface area is 114 Å². The molecule has 1 fully saturated rings. The Kier molecular flexibility index (Phi) is 4.74. The quantitative estimate of drug-likeness (QED) is 0.623. The highest BCUT2D eigenvalue weighted by molar-refractivity contribution is 5.97. The first kappa shape index (κ1) is 13.8. The average molecular weight is 262 g/mol. The number of nitrogen functional groups attached to an aromatic ring is 1. The van der Waals surface area contributed by atoms with Crippen LogP contribution in [0.3, 0.4) is 0 Å². The summed E-state index contributed by atoms with van der Waals surface area (Å²) in [4.78, 5) is 6.72. The lowest BCUT2D eigenvalue weighted by Crippen LogP contribution is -2.33. The number of hydrogen-bond donors (Lipinski definition) is 2. The Morgan fingerprint density at radius 3 is 2.79 bits per heavy atom. The fourth-order valence-corrected chi connectivity index (χ4v) is 2.30. The number of amidine groups is 1. The maximum atomic E-state index is 7.53. The van der Waals surface area contributed by atoms with Crippen molar-refractivity contribution in [2.45, 2.75) is 26.2 Å². The third-order valence-corrected chi connectivity index (χ3v) is 3.38. The SMILES string of the molecule is Cc1ccc(C(=N)N)c(OCCN2CCCCC2)n1. The molecule has 2 heterocycles. The maximum absolute atomic E-state index is 7.53. The molecule has 1 saturated heterocycles. The molecular formula is C14H22N4O. The summed E-state index contributed by atoms with van der Waals surface area (Å²) in [5, 5.41) is 7.53. The van der Waals surface area contributed by atoms with Gasteiger partial charge in [-0.25, -0.2) is 4.98 Å². The van der Waals surface area contributed by atoms with Gasteiger partial charge < -0.3 is 10.5 Å². The van der Waals surface area contributed by atoms with Gasteiger partial charge in [0.1, 0.15) is 12.4 Å². The third kappa shape index (κ3) is 3.92. The van der Waals surface area contributed by atoms with Crippen molar-refractivity contribution in [2.75, 3.05) is 26.2 Å². The highest BCUT2D eigenvalue weighted by atomic mass is 16.5. The smallest absolute Gasteiger partial charge is 0.224 e. The van der Waals surface area contributed by atoms with Crippen molar-refractivity contribution in [1.29, 1.82) is 5.41 Å². The van der Waals surface area contributed by atoms with Crippen LogP contribution in [0.1, 0.15) is 30.5 Å². The minimum atomic E-state index is 0.000438. The zero-order valence-electron chi connectivity index (χ0n) is 11.5. The van der Waals surface area contributed by atoms with Gasteiger partial charge in [0.25, 0.3) is 0 Å². The maximum Gasteiger partial charge on any atom is 0.224 e. The highest BCUT2D eigenvalue weighted by Gasteiger charge is 2.12. The summed E-state index contributed by atoms with van der Waals surface area (Å²) in [7, 11) is 0. The van der Waals surface area contributed by atoms with Crippen molar-refractivity contribution in [1.82, 2.24) is 9.88 Å². The van der Waals surface area contributed by atoms with Gasteiger partial charge in [-0.15, -0.1) is 0 Å². The van der Waals surface area contributed by atoms with E-state index < -0.39 is 0 Å². The second-order valence-corrected chi connectivity index (χ2v) is 4.97. The Morgan fingerprint density at radius 1 is 1.37 bits per heavy atom. The lowest BCUT2D eigenvalue weighted by Gasteiger charge is -2.26. The monoisotopic (exact) mass is 262 g/mol. The number of nitrogens with zero attached hydrogens (tertiary/aromatic N) is 2. The fourth-order valence-electron chi connectivity index (χ4n) is 2.30. The van der Waals surface area contributed by atoms with Crippen molar-refractivity contribution in [2.24, 2.45) is 5.73 Å². The van der Waals surface area contributed by atoms with E-state index in [1.54, 1.807) is 6.07 Å². The number of hydrogen-bond acceptors (Lipinski definition) is 4. The second kappa shape index (κ2) is 6.52. The van der Waals surface area contributed by atoms with E-state index in [1.165, 1.54) is 19.3 Å². The predicted octanol–water partition coefficient (Wildman–Crippen LogP) is 1.54. The molecule has 0 spiro atoms. The summed E-state index contributed by atoms with van der Waals surface area (Å²) in [5.41, 5.74) is 6.98. The zero-order valence-corrected chi connectivity index (χ0v) is 11.5. The third-order valence-electron chi connectivity index (χ3n) is 3.38. The first-order valence-corrected chi connectivity index (χ1v) is 6.84. The molecule has 5 heteroatoms. The van der Waals surface area contributed by atoms with Crippen molar-refractivity contribution < 1.29 is 4.74 Å². The molecule has 2 rings (SSSR count). The van der Waals surface area contributed by atoms with E-state index in [4.69, 9.17) is 15.9 Å². The van der Waals surface area contributed by atoms with Crippen LogP contribution in [0.4, 0.5) is 0 Å². The van der Waals surface area contributed by atoms with Crippen molar-refractivity contribution >= 4 is 5.84 Å². The van der Waals surface area contributed by atoms with Crippen molar-refractivity contribution in [3.8, 4) is 5.88 Å². The Bertz CT molecular complexity index is 441. The number of ether oxygens (including phenoxy) is 1. The molecular weight excluding hydrogens is 240 g/mol. The summed E-state index contributed by atoms with van der Waals surface area (Å²) in [6.45, 7) is 5.72. The minimum absolute atomic E-state index is 0.000438. The van der Waals surface area contributed by atoms with Gasteiger partial charge in [-0.1, -0.05) is 6.42 Å². The van der Waals surface area contributed by atoms with E-state index in [2.05, 4.69) is 9.88 Å². The largest absolute Gasteiger partial charge is 0.476 e. The van der Waals surface area contributed by atoms with E-state index in [9.17, 15) is 0 Å². The number of pyridine rings is 1. The average Bonchev–Trinajstić information content (AvgIpc) is 2.39. The fraction of sp³-hybridized carbons (Fsp3) is 0.571. The molecule has 0 unspecified atom stereocenters. The molecule has 1 aromatic rings. The van der Waals surface area contributed by atoms with Gasteiger partial charge in [0.15, 0.2) is 0 Å². The van der Waals surface area contributed by atoms with Crippen LogP contribution in [-0.2, 0) is 0 Å². The Morgan fingerprint density at radius 2 is 2.11 bits per heavy atom. The molecule has 0 saturated carbocycles. The number of nitrogens with two attached hydrogens (primary N) is 1. The van der Waals surface area contributed by atoms with Gasteiger partial charge in [0.2, 0.25) is 5.88 Å². The molecule has 0 amide bonds. The molecule has 0 radical (unpaired) electrons. The van der Waals surface area contributed by atoms with E-state index in [-0.39, 0.29) is 5.84 Å². The van der Waals surface area contributed by atoms with Gasteiger partial charge in [-0.3, -0.25) is 10.3 Å². The molecule has 1 aliphatic heterocycles.